The number of nitriles is 1. The van der Waals surface area contributed by atoms with Gasteiger partial charge in [0.05, 0.1) is 12.6 Å². The molecule has 14 heavy (non-hydrogen) atoms. The molecule has 0 aromatic heterocycles. The summed E-state index contributed by atoms with van der Waals surface area (Å²) in [6, 6.07) is 2.17. The molecule has 5 nitrogen and oxygen atoms in total. The van der Waals surface area contributed by atoms with Crippen LogP contribution in [-0.2, 0) is 0 Å². The van der Waals surface area contributed by atoms with Crippen LogP contribution in [0.15, 0.2) is 0 Å². The van der Waals surface area contributed by atoms with Crippen molar-refractivity contribution < 1.29 is 4.79 Å². The molecule has 1 saturated heterocycles. The maximum absolute atomic E-state index is 11.5. The molecule has 2 amide bonds. The Morgan fingerprint density at radius 1 is 1.36 bits per heavy atom. The fraction of sp³-hybridized carbons (Fsp3) is 0.778. The summed E-state index contributed by atoms with van der Waals surface area (Å²) in [5.74, 6) is 0. The van der Waals surface area contributed by atoms with Gasteiger partial charge in [0.2, 0.25) is 0 Å². The van der Waals surface area contributed by atoms with Crippen molar-refractivity contribution >= 4 is 6.03 Å². The Kier molecular flexibility index (Phi) is 3.72. The van der Waals surface area contributed by atoms with Crippen LogP contribution in [0.5, 0.6) is 0 Å². The van der Waals surface area contributed by atoms with E-state index in [0.717, 1.165) is 26.2 Å². The standard InChI is InChI=1S/C9H16N4O/c1-11(2)9(14)13-7-5-12(4-3-10)6-8-13/h4-8H2,1-2H3. The van der Waals surface area contributed by atoms with Gasteiger partial charge in [0.15, 0.2) is 0 Å². The number of amides is 2. The molecule has 0 bridgehead atoms. The summed E-state index contributed by atoms with van der Waals surface area (Å²) >= 11 is 0. The van der Waals surface area contributed by atoms with Crippen molar-refractivity contribution in [2.45, 2.75) is 0 Å². The van der Waals surface area contributed by atoms with E-state index in [9.17, 15) is 4.79 Å². The number of piperazine rings is 1. The smallest absolute Gasteiger partial charge is 0.319 e. The highest BCUT2D eigenvalue weighted by atomic mass is 16.2. The van der Waals surface area contributed by atoms with Crippen molar-refractivity contribution in [2.75, 3.05) is 46.8 Å². The number of rotatable bonds is 1. The van der Waals surface area contributed by atoms with Gasteiger partial charge in [-0.05, 0) is 0 Å². The minimum Gasteiger partial charge on any atom is -0.331 e. The third kappa shape index (κ3) is 2.60. The van der Waals surface area contributed by atoms with E-state index in [1.54, 1.807) is 19.0 Å². The molecule has 0 aromatic rings. The minimum absolute atomic E-state index is 0.0570. The second-order valence-electron chi connectivity index (χ2n) is 3.60. The summed E-state index contributed by atoms with van der Waals surface area (Å²) in [7, 11) is 3.51. The average molecular weight is 196 g/mol. The number of nitrogens with zero attached hydrogens (tertiary/aromatic N) is 4. The quantitative estimate of drug-likeness (QED) is 0.546. The number of carbonyl (C=O) groups is 1. The van der Waals surface area contributed by atoms with Crippen LogP contribution in [0.1, 0.15) is 0 Å². The van der Waals surface area contributed by atoms with E-state index in [0.29, 0.717) is 6.54 Å². The normalized spacial score (nSPS) is 17.6. The number of hydrogen-bond acceptors (Lipinski definition) is 3. The van der Waals surface area contributed by atoms with Gasteiger partial charge in [-0.15, -0.1) is 0 Å². The predicted molar refractivity (Wildman–Crippen MR) is 52.7 cm³/mol. The Bertz CT molecular complexity index is 238. The van der Waals surface area contributed by atoms with Crippen LogP contribution < -0.4 is 0 Å². The average Bonchev–Trinajstić information content (AvgIpc) is 2.18. The molecular weight excluding hydrogens is 180 g/mol. The van der Waals surface area contributed by atoms with Crippen LogP contribution in [0.2, 0.25) is 0 Å². The maximum Gasteiger partial charge on any atom is 0.319 e. The lowest BCUT2D eigenvalue weighted by Gasteiger charge is -2.34. The molecule has 1 fully saturated rings. The minimum atomic E-state index is 0.0570. The maximum atomic E-state index is 11.5. The highest BCUT2D eigenvalue weighted by Gasteiger charge is 2.21. The molecule has 0 atom stereocenters. The Morgan fingerprint density at radius 2 is 1.93 bits per heavy atom. The van der Waals surface area contributed by atoms with E-state index in [1.807, 2.05) is 4.90 Å². The largest absolute Gasteiger partial charge is 0.331 e. The molecule has 1 rings (SSSR count). The first-order valence-electron chi connectivity index (χ1n) is 4.70. The van der Waals surface area contributed by atoms with E-state index < -0.39 is 0 Å². The first-order chi connectivity index (χ1) is 6.65. The molecule has 0 aliphatic carbocycles. The van der Waals surface area contributed by atoms with Crippen LogP contribution in [0.3, 0.4) is 0 Å². The zero-order valence-corrected chi connectivity index (χ0v) is 8.73. The summed E-state index contributed by atoms with van der Waals surface area (Å²) in [4.78, 5) is 17.0. The fourth-order valence-electron chi connectivity index (χ4n) is 1.48. The number of urea groups is 1. The fourth-order valence-corrected chi connectivity index (χ4v) is 1.48. The topological polar surface area (TPSA) is 50.6 Å². The lowest BCUT2D eigenvalue weighted by atomic mass is 10.3. The van der Waals surface area contributed by atoms with Crippen LogP contribution in [0, 0.1) is 11.3 Å². The molecule has 0 N–H and O–H groups in total. The van der Waals surface area contributed by atoms with Gasteiger partial charge in [-0.25, -0.2) is 4.79 Å². The Labute approximate surface area is 84.5 Å². The third-order valence-electron chi connectivity index (χ3n) is 2.32. The molecule has 1 aliphatic heterocycles. The van der Waals surface area contributed by atoms with E-state index in [1.165, 1.54) is 0 Å². The van der Waals surface area contributed by atoms with Crippen molar-refractivity contribution in [1.29, 1.82) is 5.26 Å². The van der Waals surface area contributed by atoms with Gasteiger partial charge < -0.3 is 9.80 Å². The number of carbonyl (C=O) groups excluding carboxylic acids is 1. The summed E-state index contributed by atoms with van der Waals surface area (Å²) in [6.07, 6.45) is 0. The van der Waals surface area contributed by atoms with Gasteiger partial charge in [0.1, 0.15) is 0 Å². The van der Waals surface area contributed by atoms with Crippen molar-refractivity contribution in [1.82, 2.24) is 14.7 Å². The SMILES string of the molecule is CN(C)C(=O)N1CCN(CC#N)CC1. The van der Waals surface area contributed by atoms with Crippen molar-refractivity contribution in [3.05, 3.63) is 0 Å². The highest BCUT2D eigenvalue weighted by Crippen LogP contribution is 2.03. The Morgan fingerprint density at radius 3 is 2.36 bits per heavy atom. The first-order valence-corrected chi connectivity index (χ1v) is 4.70. The highest BCUT2D eigenvalue weighted by molar-refractivity contribution is 5.73. The van der Waals surface area contributed by atoms with E-state index in [-0.39, 0.29) is 6.03 Å². The van der Waals surface area contributed by atoms with Gasteiger partial charge in [-0.1, -0.05) is 0 Å². The summed E-state index contributed by atoms with van der Waals surface area (Å²) in [5.41, 5.74) is 0. The van der Waals surface area contributed by atoms with Gasteiger partial charge >= 0.3 is 6.03 Å². The van der Waals surface area contributed by atoms with Gasteiger partial charge in [-0.3, -0.25) is 4.90 Å². The molecule has 0 aromatic carbocycles. The zero-order valence-electron chi connectivity index (χ0n) is 8.73. The summed E-state index contributed by atoms with van der Waals surface area (Å²) < 4.78 is 0. The molecule has 1 heterocycles. The monoisotopic (exact) mass is 196 g/mol. The lowest BCUT2D eigenvalue weighted by molar-refractivity contribution is 0.129. The molecule has 0 radical (unpaired) electrons. The van der Waals surface area contributed by atoms with Gasteiger partial charge in [0, 0.05) is 40.3 Å². The summed E-state index contributed by atoms with van der Waals surface area (Å²) in [5, 5.41) is 8.50. The van der Waals surface area contributed by atoms with Crippen molar-refractivity contribution in [3.8, 4) is 6.07 Å². The Hall–Kier alpha value is -1.28. The lowest BCUT2D eigenvalue weighted by Crippen LogP contribution is -2.51. The molecule has 5 heteroatoms. The number of hydrogen-bond donors (Lipinski definition) is 0. The van der Waals surface area contributed by atoms with Crippen LogP contribution in [0.25, 0.3) is 0 Å². The predicted octanol–water partition coefficient (Wildman–Crippen LogP) is -0.191. The summed E-state index contributed by atoms with van der Waals surface area (Å²) in [6.45, 7) is 3.50. The molecule has 0 saturated carbocycles. The second-order valence-corrected chi connectivity index (χ2v) is 3.60. The molecule has 1 aliphatic rings. The van der Waals surface area contributed by atoms with E-state index in [2.05, 4.69) is 11.0 Å². The molecule has 0 spiro atoms. The van der Waals surface area contributed by atoms with E-state index in [4.69, 9.17) is 5.26 Å². The molecular formula is C9H16N4O. The molecule has 0 unspecified atom stereocenters. The van der Waals surface area contributed by atoms with Gasteiger partial charge in [0.25, 0.3) is 0 Å². The molecule has 78 valence electrons. The van der Waals surface area contributed by atoms with E-state index >= 15 is 0 Å². The third-order valence-corrected chi connectivity index (χ3v) is 2.32. The first kappa shape index (κ1) is 10.8. The zero-order chi connectivity index (χ0) is 10.6. The second kappa shape index (κ2) is 4.82. The van der Waals surface area contributed by atoms with Gasteiger partial charge in [-0.2, -0.15) is 5.26 Å². The Balaban J connectivity index is 2.36. The van der Waals surface area contributed by atoms with Crippen LogP contribution >= 0.6 is 0 Å². The van der Waals surface area contributed by atoms with Crippen LogP contribution in [0.4, 0.5) is 4.79 Å². The van der Waals surface area contributed by atoms with Crippen molar-refractivity contribution in [2.24, 2.45) is 0 Å². The van der Waals surface area contributed by atoms with Crippen molar-refractivity contribution in [3.63, 3.8) is 0 Å². The van der Waals surface area contributed by atoms with Crippen LogP contribution in [-0.4, -0.2) is 67.5 Å².